The number of halogens is 5. The molecule has 0 atom stereocenters. The first-order valence-electron chi connectivity index (χ1n) is 12.9. The van der Waals surface area contributed by atoms with E-state index in [4.69, 9.17) is 20.6 Å². The lowest BCUT2D eigenvalue weighted by atomic mass is 10.9. The first kappa shape index (κ1) is 33.6. The van der Waals surface area contributed by atoms with Gasteiger partial charge in [0.15, 0.2) is 0 Å². The fourth-order valence-corrected chi connectivity index (χ4v) is 34.0. The van der Waals surface area contributed by atoms with E-state index in [2.05, 4.69) is 0 Å². The number of hydrogen-bond donors (Lipinski definition) is 0. The Balaban J connectivity index is 3.96. The predicted molar refractivity (Wildman–Crippen MR) is 141 cm³/mol. The molecule has 0 amide bonds. The molecule has 0 spiro atoms. The van der Waals surface area contributed by atoms with E-state index in [1.54, 1.807) is 0 Å². The van der Waals surface area contributed by atoms with Gasteiger partial charge in [-0.1, -0.05) is 34.6 Å². The van der Waals surface area contributed by atoms with Crippen LogP contribution in [0.25, 0.3) is 0 Å². The fourth-order valence-electron chi connectivity index (χ4n) is 4.63. The average Bonchev–Trinajstić information content (AvgIpc) is 2.84. The highest BCUT2D eigenvalue weighted by atomic mass is 28.5. The largest absolute Gasteiger partial charge is 0.415 e. The summed E-state index contributed by atoms with van der Waals surface area (Å²) in [5, 5.41) is 0. The zero-order chi connectivity index (χ0) is 26.6. The SMILES string of the molecule is CC[Si]1(CCF)O[Si](CC)(CCF)O[Si](CC)(CCF)O[Si](CC)(CCF)O[Si](CC)(CCF)O1. The second-order valence-corrected chi connectivity index (χ2v) is 28.3. The minimum Gasteiger partial charge on any atom is -0.415 e. The van der Waals surface area contributed by atoms with Gasteiger partial charge >= 0.3 is 42.8 Å². The molecule has 0 aromatic carbocycles. The molecule has 0 radical (unpaired) electrons. The average molecular weight is 601 g/mol. The Kier molecular flexibility index (Phi) is 14.6. The molecule has 0 saturated carbocycles. The van der Waals surface area contributed by atoms with Crippen molar-refractivity contribution in [1.29, 1.82) is 0 Å². The molecular weight excluding hydrogens is 556 g/mol. The maximum atomic E-state index is 14.0. The highest BCUT2D eigenvalue weighted by molar-refractivity contribution is 6.95. The summed E-state index contributed by atoms with van der Waals surface area (Å²) < 4.78 is 103. The third-order valence-electron chi connectivity index (χ3n) is 6.93. The summed E-state index contributed by atoms with van der Waals surface area (Å²) in [5.41, 5.74) is 0. The van der Waals surface area contributed by atoms with Gasteiger partial charge < -0.3 is 20.6 Å². The molecule has 0 aliphatic carbocycles. The molecule has 0 N–H and O–H groups in total. The lowest BCUT2D eigenvalue weighted by molar-refractivity contribution is 0.203. The molecule has 1 rings (SSSR count). The van der Waals surface area contributed by atoms with Gasteiger partial charge in [-0.15, -0.1) is 0 Å². The maximum Gasteiger partial charge on any atom is 0.322 e. The molecule has 1 aliphatic heterocycles. The van der Waals surface area contributed by atoms with Gasteiger partial charge in [0, 0.05) is 30.2 Å². The molecule has 0 aromatic rings. The molecule has 0 bridgehead atoms. The third-order valence-corrected chi connectivity index (χ3v) is 32.0. The van der Waals surface area contributed by atoms with Crippen LogP contribution in [0.4, 0.5) is 22.0 Å². The Bertz CT molecular complexity index is 487. The van der Waals surface area contributed by atoms with Crippen molar-refractivity contribution in [2.75, 3.05) is 33.4 Å². The molecule has 0 aromatic heterocycles. The van der Waals surface area contributed by atoms with E-state index < -0.39 is 76.2 Å². The van der Waals surface area contributed by atoms with Crippen molar-refractivity contribution >= 4 is 42.8 Å². The Morgan fingerprint density at radius 2 is 0.486 bits per heavy atom. The Hall–Kier alpha value is 0.534. The molecule has 1 aliphatic rings. The number of alkyl halides is 5. The predicted octanol–water partition coefficient (Wildman–Crippen LogP) is 7.24. The number of rotatable bonds is 15. The summed E-state index contributed by atoms with van der Waals surface area (Å²) in [6, 6.07) is 1.63. The first-order valence-corrected chi connectivity index (χ1v) is 24.1. The molecule has 1 saturated heterocycles. The minimum atomic E-state index is -3.41. The van der Waals surface area contributed by atoms with E-state index in [-0.39, 0.29) is 30.2 Å². The molecule has 210 valence electrons. The lowest BCUT2D eigenvalue weighted by Crippen LogP contribution is -2.70. The van der Waals surface area contributed by atoms with Gasteiger partial charge in [-0.3, -0.25) is 22.0 Å². The van der Waals surface area contributed by atoms with Crippen LogP contribution in [0.3, 0.4) is 0 Å². The van der Waals surface area contributed by atoms with Crippen LogP contribution in [0.5, 0.6) is 0 Å². The topological polar surface area (TPSA) is 46.2 Å². The summed E-state index contributed by atoms with van der Waals surface area (Å²) in [7, 11) is -17.1. The zero-order valence-electron chi connectivity index (χ0n) is 22.0. The highest BCUT2D eigenvalue weighted by Crippen LogP contribution is 2.42. The van der Waals surface area contributed by atoms with Crippen molar-refractivity contribution < 1.29 is 42.5 Å². The minimum absolute atomic E-state index is 0.0211. The summed E-state index contributed by atoms with van der Waals surface area (Å²) in [6.45, 7) is 5.57. The molecule has 1 fully saturated rings. The number of hydrogen-bond acceptors (Lipinski definition) is 5. The maximum absolute atomic E-state index is 14.0. The summed E-state index contributed by atoms with van der Waals surface area (Å²) in [5.74, 6) is 0. The second kappa shape index (κ2) is 15.2. The van der Waals surface area contributed by atoms with Crippen LogP contribution in [0.2, 0.25) is 60.4 Å². The van der Waals surface area contributed by atoms with E-state index in [1.165, 1.54) is 0 Å². The monoisotopic (exact) mass is 600 g/mol. The van der Waals surface area contributed by atoms with Crippen LogP contribution >= 0.6 is 0 Å². The van der Waals surface area contributed by atoms with Gasteiger partial charge in [0.05, 0.1) is 33.4 Å². The van der Waals surface area contributed by atoms with Crippen molar-refractivity contribution in [2.45, 2.75) is 95.1 Å². The molecule has 35 heavy (non-hydrogen) atoms. The van der Waals surface area contributed by atoms with Crippen LogP contribution in [-0.2, 0) is 20.6 Å². The normalized spacial score (nSPS) is 36.9. The van der Waals surface area contributed by atoms with Crippen molar-refractivity contribution in [3.8, 4) is 0 Å². The Morgan fingerprint density at radius 1 is 0.343 bits per heavy atom. The van der Waals surface area contributed by atoms with Gasteiger partial charge in [-0.25, -0.2) is 0 Å². The summed E-state index contributed by atoms with van der Waals surface area (Å²) in [4.78, 5) is 0. The lowest BCUT2D eigenvalue weighted by Gasteiger charge is -2.52. The van der Waals surface area contributed by atoms with Crippen molar-refractivity contribution in [3.63, 3.8) is 0 Å². The van der Waals surface area contributed by atoms with Gasteiger partial charge in [-0.05, 0) is 30.2 Å². The first-order chi connectivity index (χ1) is 16.6. The third kappa shape index (κ3) is 8.51. The molecule has 0 unspecified atom stereocenters. The van der Waals surface area contributed by atoms with Crippen molar-refractivity contribution in [1.82, 2.24) is 0 Å². The second-order valence-electron chi connectivity index (χ2n) is 9.03. The standard InChI is InChI=1S/C20H45F5O5Si5/c1-6-31(16-11-21)26-32(7-2,17-12-22)28-34(9-4,19-14-24)30-35(10-5,20-15-25)29-33(8-3,27-31)18-13-23/h6-20H2,1-5H3. The highest BCUT2D eigenvalue weighted by Gasteiger charge is 2.60. The van der Waals surface area contributed by atoms with Crippen LogP contribution in [0, 0.1) is 0 Å². The quantitative estimate of drug-likeness (QED) is 0.146. The van der Waals surface area contributed by atoms with Crippen LogP contribution in [0.1, 0.15) is 34.6 Å². The van der Waals surface area contributed by atoms with E-state index in [0.29, 0.717) is 30.2 Å². The molecule has 15 heteroatoms. The van der Waals surface area contributed by atoms with Crippen LogP contribution in [0.15, 0.2) is 0 Å². The van der Waals surface area contributed by atoms with Crippen molar-refractivity contribution in [2.24, 2.45) is 0 Å². The van der Waals surface area contributed by atoms with E-state index >= 15 is 0 Å². The zero-order valence-corrected chi connectivity index (χ0v) is 27.0. The van der Waals surface area contributed by atoms with Gasteiger partial charge in [-0.2, -0.15) is 0 Å². The fraction of sp³-hybridized carbons (Fsp3) is 1.00. The van der Waals surface area contributed by atoms with Crippen LogP contribution in [-0.4, -0.2) is 76.2 Å². The molecule has 5 nitrogen and oxygen atoms in total. The Labute approximate surface area is 213 Å². The smallest absolute Gasteiger partial charge is 0.322 e. The summed E-state index contributed by atoms with van der Waals surface area (Å²) >= 11 is 0. The summed E-state index contributed by atoms with van der Waals surface area (Å²) in [6.07, 6.45) is 0. The Morgan fingerprint density at radius 3 is 0.571 bits per heavy atom. The van der Waals surface area contributed by atoms with Gasteiger partial charge in [0.25, 0.3) is 0 Å². The van der Waals surface area contributed by atoms with E-state index in [1.807, 2.05) is 34.6 Å². The van der Waals surface area contributed by atoms with Gasteiger partial charge in [0.2, 0.25) is 0 Å². The van der Waals surface area contributed by atoms with E-state index in [9.17, 15) is 22.0 Å². The van der Waals surface area contributed by atoms with Crippen molar-refractivity contribution in [3.05, 3.63) is 0 Å². The molecular formula is C20H45F5O5Si5. The van der Waals surface area contributed by atoms with Gasteiger partial charge in [0.1, 0.15) is 0 Å². The molecule has 1 heterocycles. The van der Waals surface area contributed by atoms with Crippen LogP contribution < -0.4 is 0 Å². The van der Waals surface area contributed by atoms with E-state index in [0.717, 1.165) is 0 Å².